The van der Waals surface area contributed by atoms with Crippen molar-refractivity contribution in [1.29, 1.82) is 0 Å². The second-order valence-electron chi connectivity index (χ2n) is 3.64. The van der Waals surface area contributed by atoms with E-state index in [9.17, 15) is 8.78 Å². The highest BCUT2D eigenvalue weighted by atomic mass is 19.3. The molecule has 0 spiro atoms. The van der Waals surface area contributed by atoms with E-state index in [0.29, 0.717) is 16.9 Å². The van der Waals surface area contributed by atoms with Crippen LogP contribution in [0, 0.1) is 0 Å². The first-order valence-corrected chi connectivity index (χ1v) is 4.98. The van der Waals surface area contributed by atoms with Crippen LogP contribution in [0.15, 0.2) is 12.5 Å². The number of anilines is 1. The lowest BCUT2D eigenvalue weighted by Crippen LogP contribution is -2.35. The van der Waals surface area contributed by atoms with Crippen molar-refractivity contribution in [1.82, 2.24) is 19.7 Å². The van der Waals surface area contributed by atoms with Crippen LogP contribution in [0.3, 0.4) is 0 Å². The van der Waals surface area contributed by atoms with Crippen LogP contribution in [0.1, 0.15) is 0 Å². The Balaban J connectivity index is 2.25. The molecule has 0 fully saturated rings. The number of halogens is 2. The molecule has 0 saturated heterocycles. The quantitative estimate of drug-likeness (QED) is 0.809. The number of nitrogens with two attached hydrogens (primary N) is 1. The summed E-state index contributed by atoms with van der Waals surface area (Å²) in [6, 6.07) is 0. The zero-order valence-electron chi connectivity index (χ0n) is 9.19. The van der Waals surface area contributed by atoms with Crippen molar-refractivity contribution in [3.05, 3.63) is 12.5 Å². The topological polar surface area (TPSA) is 81.7 Å². The van der Waals surface area contributed by atoms with Gasteiger partial charge in [-0.2, -0.15) is 5.10 Å². The molecule has 2 aromatic heterocycles. The highest BCUT2D eigenvalue weighted by Crippen LogP contribution is 2.19. The van der Waals surface area contributed by atoms with Crippen LogP contribution in [-0.2, 0) is 7.05 Å². The third-order valence-electron chi connectivity index (χ3n) is 2.34. The van der Waals surface area contributed by atoms with E-state index in [1.165, 1.54) is 12.5 Å². The predicted molar refractivity (Wildman–Crippen MR) is 58.8 cm³/mol. The number of aromatic nitrogens is 4. The molecule has 2 aromatic rings. The van der Waals surface area contributed by atoms with E-state index in [2.05, 4.69) is 20.4 Å². The molecule has 3 N–H and O–H groups in total. The van der Waals surface area contributed by atoms with Gasteiger partial charge >= 0.3 is 0 Å². The number of fused-ring (bicyclic) bond motifs is 1. The smallest absolute Gasteiger partial charge is 0.276 e. The van der Waals surface area contributed by atoms with Gasteiger partial charge in [-0.25, -0.2) is 18.7 Å². The molecule has 6 nitrogen and oxygen atoms in total. The average molecular weight is 242 g/mol. The molecular formula is C9H12F2N6. The molecular weight excluding hydrogens is 230 g/mol. The van der Waals surface area contributed by atoms with Crippen molar-refractivity contribution in [2.75, 3.05) is 18.4 Å². The molecule has 2 heterocycles. The second kappa shape index (κ2) is 4.21. The Morgan fingerprint density at radius 3 is 2.94 bits per heavy atom. The fourth-order valence-corrected chi connectivity index (χ4v) is 1.39. The fraction of sp³-hybridized carbons (Fsp3) is 0.444. The van der Waals surface area contributed by atoms with E-state index < -0.39 is 19.0 Å². The Labute approximate surface area is 95.8 Å². The second-order valence-corrected chi connectivity index (χ2v) is 3.64. The van der Waals surface area contributed by atoms with Crippen molar-refractivity contribution in [2.24, 2.45) is 12.8 Å². The van der Waals surface area contributed by atoms with Crippen LogP contribution in [0.5, 0.6) is 0 Å². The number of aryl methyl sites for hydroxylation is 1. The molecule has 0 amide bonds. The maximum absolute atomic E-state index is 13.0. The van der Waals surface area contributed by atoms with Gasteiger partial charge in [-0.3, -0.25) is 4.68 Å². The molecule has 0 aliphatic carbocycles. The van der Waals surface area contributed by atoms with Gasteiger partial charge in [0.1, 0.15) is 12.1 Å². The maximum atomic E-state index is 13.0. The lowest BCUT2D eigenvalue weighted by atomic mass is 10.3. The Bertz CT molecular complexity index is 523. The summed E-state index contributed by atoms with van der Waals surface area (Å²) in [6.45, 7) is -1.27. The van der Waals surface area contributed by atoms with E-state index in [4.69, 9.17) is 5.73 Å². The Morgan fingerprint density at radius 2 is 2.24 bits per heavy atom. The lowest BCUT2D eigenvalue weighted by Gasteiger charge is -2.14. The molecule has 17 heavy (non-hydrogen) atoms. The first-order valence-electron chi connectivity index (χ1n) is 4.98. The van der Waals surface area contributed by atoms with Crippen LogP contribution in [0.4, 0.5) is 14.6 Å². The number of hydrogen-bond acceptors (Lipinski definition) is 5. The number of alkyl halides is 2. The van der Waals surface area contributed by atoms with Crippen LogP contribution in [-0.4, -0.2) is 38.8 Å². The van der Waals surface area contributed by atoms with Crippen molar-refractivity contribution in [3.8, 4) is 0 Å². The van der Waals surface area contributed by atoms with Gasteiger partial charge in [0, 0.05) is 7.05 Å². The highest BCUT2D eigenvalue weighted by molar-refractivity contribution is 5.85. The van der Waals surface area contributed by atoms with E-state index in [-0.39, 0.29) is 0 Å². The van der Waals surface area contributed by atoms with Gasteiger partial charge in [-0.1, -0.05) is 0 Å². The molecule has 0 radical (unpaired) electrons. The molecule has 92 valence electrons. The van der Waals surface area contributed by atoms with Crippen LogP contribution < -0.4 is 11.1 Å². The fourth-order valence-electron chi connectivity index (χ4n) is 1.39. The average Bonchev–Trinajstić information content (AvgIpc) is 2.70. The van der Waals surface area contributed by atoms with Crippen molar-refractivity contribution in [3.63, 3.8) is 0 Å². The Morgan fingerprint density at radius 1 is 1.47 bits per heavy atom. The van der Waals surface area contributed by atoms with E-state index in [1.54, 1.807) is 11.7 Å². The molecule has 0 aliphatic rings. The summed E-state index contributed by atoms with van der Waals surface area (Å²) in [5.41, 5.74) is 5.53. The summed E-state index contributed by atoms with van der Waals surface area (Å²) < 4.78 is 27.5. The van der Waals surface area contributed by atoms with Gasteiger partial charge in [-0.15, -0.1) is 0 Å². The third kappa shape index (κ3) is 2.31. The van der Waals surface area contributed by atoms with E-state index >= 15 is 0 Å². The molecule has 0 aliphatic heterocycles. The zero-order valence-corrected chi connectivity index (χ0v) is 9.19. The van der Waals surface area contributed by atoms with Crippen LogP contribution in [0.2, 0.25) is 0 Å². The van der Waals surface area contributed by atoms with Gasteiger partial charge in [0.05, 0.1) is 24.7 Å². The Kier molecular flexibility index (Phi) is 2.88. The highest BCUT2D eigenvalue weighted by Gasteiger charge is 2.26. The third-order valence-corrected chi connectivity index (χ3v) is 2.34. The molecule has 0 aromatic carbocycles. The first kappa shape index (κ1) is 11.6. The van der Waals surface area contributed by atoms with Gasteiger partial charge in [0.15, 0.2) is 5.65 Å². The summed E-state index contributed by atoms with van der Waals surface area (Å²) in [7, 11) is 1.72. The van der Waals surface area contributed by atoms with Gasteiger partial charge < -0.3 is 11.1 Å². The van der Waals surface area contributed by atoms with Crippen LogP contribution >= 0.6 is 0 Å². The van der Waals surface area contributed by atoms with Crippen molar-refractivity contribution < 1.29 is 8.78 Å². The SMILES string of the molecule is Cn1ncc2c(NCC(F)(F)CN)ncnc21. The Hall–Kier alpha value is -1.83. The minimum atomic E-state index is -2.96. The van der Waals surface area contributed by atoms with E-state index in [1.807, 2.05) is 0 Å². The summed E-state index contributed by atoms with van der Waals surface area (Å²) in [5, 5.41) is 7.14. The molecule has 0 atom stereocenters. The largest absolute Gasteiger partial charge is 0.363 e. The lowest BCUT2D eigenvalue weighted by molar-refractivity contribution is 0.0253. The number of hydrogen-bond donors (Lipinski definition) is 2. The standard InChI is InChI=1S/C9H12F2N6/c1-17-8-6(2-16-17)7(14-5-15-8)13-4-9(10,11)3-12/h2,5H,3-4,12H2,1H3,(H,13,14,15). The molecule has 0 bridgehead atoms. The zero-order chi connectivity index (χ0) is 12.5. The van der Waals surface area contributed by atoms with Gasteiger partial charge in [-0.05, 0) is 0 Å². The molecule has 0 saturated carbocycles. The van der Waals surface area contributed by atoms with Gasteiger partial charge in [0.2, 0.25) is 0 Å². The molecule has 8 heteroatoms. The van der Waals surface area contributed by atoms with E-state index in [0.717, 1.165) is 0 Å². The predicted octanol–water partition coefficient (Wildman–Crippen LogP) is 0.369. The van der Waals surface area contributed by atoms with Crippen LogP contribution in [0.25, 0.3) is 11.0 Å². The summed E-state index contributed by atoms with van der Waals surface area (Å²) in [6.07, 6.45) is 2.82. The maximum Gasteiger partial charge on any atom is 0.276 e. The number of nitrogens with zero attached hydrogens (tertiary/aromatic N) is 4. The summed E-state index contributed by atoms with van der Waals surface area (Å²) >= 11 is 0. The molecule has 2 rings (SSSR count). The summed E-state index contributed by atoms with van der Waals surface area (Å²) in [5.74, 6) is -2.63. The normalized spacial score (nSPS) is 12.0. The minimum Gasteiger partial charge on any atom is -0.363 e. The molecule has 0 unspecified atom stereocenters. The summed E-state index contributed by atoms with van der Waals surface area (Å²) in [4.78, 5) is 7.91. The first-order chi connectivity index (χ1) is 8.03. The van der Waals surface area contributed by atoms with Crippen molar-refractivity contribution >= 4 is 16.9 Å². The van der Waals surface area contributed by atoms with Gasteiger partial charge in [0.25, 0.3) is 5.92 Å². The number of nitrogens with one attached hydrogen (secondary N) is 1. The van der Waals surface area contributed by atoms with Crippen molar-refractivity contribution in [2.45, 2.75) is 5.92 Å². The monoisotopic (exact) mass is 242 g/mol. The minimum absolute atomic E-state index is 0.330. The number of rotatable bonds is 4.